The van der Waals surface area contributed by atoms with Crippen molar-refractivity contribution in [2.45, 2.75) is 33.4 Å². The van der Waals surface area contributed by atoms with Crippen molar-refractivity contribution in [3.05, 3.63) is 46.2 Å². The van der Waals surface area contributed by atoms with Gasteiger partial charge in [-0.25, -0.2) is 0 Å². The molecular weight excluding hydrogens is 272 g/mol. The van der Waals surface area contributed by atoms with E-state index in [2.05, 4.69) is 16.5 Å². The Bertz CT molecular complexity index is 640. The van der Waals surface area contributed by atoms with Crippen LogP contribution < -0.4 is 5.32 Å². The number of hydrogen-bond donors (Lipinski definition) is 1. The summed E-state index contributed by atoms with van der Waals surface area (Å²) in [6.45, 7) is 5.47. The number of benzene rings is 1. The van der Waals surface area contributed by atoms with Crippen LogP contribution in [0.3, 0.4) is 0 Å². The Morgan fingerprint density at radius 1 is 1.40 bits per heavy atom. The molecule has 0 fully saturated rings. The average molecular weight is 289 g/mol. The van der Waals surface area contributed by atoms with E-state index >= 15 is 0 Å². The molecule has 0 spiro atoms. The molecule has 0 saturated heterocycles. The molecule has 0 unspecified atom stereocenters. The Morgan fingerprint density at radius 3 is 2.85 bits per heavy atom. The molecule has 2 rings (SSSR count). The Hall–Kier alpha value is -1.99. The summed E-state index contributed by atoms with van der Waals surface area (Å²) in [7, 11) is 0. The highest BCUT2D eigenvalue weighted by Crippen LogP contribution is 2.22. The van der Waals surface area contributed by atoms with Gasteiger partial charge in [0.15, 0.2) is 0 Å². The molecule has 1 aromatic carbocycles. The fourth-order valence-electron chi connectivity index (χ4n) is 2.07. The van der Waals surface area contributed by atoms with Crippen LogP contribution in [-0.2, 0) is 19.5 Å². The lowest BCUT2D eigenvalue weighted by molar-refractivity contribution is 0.619. The maximum Gasteiger partial charge on any atom is 0.0992 e. The maximum absolute atomic E-state index is 8.90. The Labute approximate surface area is 124 Å². The number of nitriles is 1. The molecular formula is C15H17ClN4. The van der Waals surface area contributed by atoms with Crippen LogP contribution in [0.4, 0.5) is 5.69 Å². The van der Waals surface area contributed by atoms with Crippen molar-refractivity contribution in [1.29, 1.82) is 5.26 Å². The lowest BCUT2D eigenvalue weighted by Gasteiger charge is -2.08. The standard InChI is InChI=1S/C15H17ClN4/c1-3-13-15(16)14(20(4-2)19-13)10-18-12-7-5-6-11(8-12)9-17/h5-8,18H,3-4,10H2,1-2H3. The van der Waals surface area contributed by atoms with Crippen LogP contribution in [0.2, 0.25) is 5.02 Å². The van der Waals surface area contributed by atoms with Gasteiger partial charge in [0.1, 0.15) is 0 Å². The van der Waals surface area contributed by atoms with Crippen LogP contribution in [0.1, 0.15) is 30.8 Å². The molecule has 0 radical (unpaired) electrons. The highest BCUT2D eigenvalue weighted by atomic mass is 35.5. The Balaban J connectivity index is 2.18. The number of rotatable bonds is 5. The first-order chi connectivity index (χ1) is 9.69. The summed E-state index contributed by atoms with van der Waals surface area (Å²) >= 11 is 6.36. The molecule has 1 N–H and O–H groups in total. The molecule has 20 heavy (non-hydrogen) atoms. The van der Waals surface area contributed by atoms with Crippen molar-refractivity contribution in [1.82, 2.24) is 9.78 Å². The highest BCUT2D eigenvalue weighted by molar-refractivity contribution is 6.31. The predicted octanol–water partition coefficient (Wildman–Crippen LogP) is 3.60. The first-order valence-electron chi connectivity index (χ1n) is 6.67. The van der Waals surface area contributed by atoms with Crippen LogP contribution in [0.25, 0.3) is 0 Å². The van der Waals surface area contributed by atoms with E-state index in [0.717, 1.165) is 35.1 Å². The monoisotopic (exact) mass is 288 g/mol. The minimum Gasteiger partial charge on any atom is -0.379 e. The van der Waals surface area contributed by atoms with Gasteiger partial charge in [0.2, 0.25) is 0 Å². The van der Waals surface area contributed by atoms with E-state index < -0.39 is 0 Å². The second kappa shape index (κ2) is 6.44. The number of aromatic nitrogens is 2. The van der Waals surface area contributed by atoms with Crippen molar-refractivity contribution >= 4 is 17.3 Å². The maximum atomic E-state index is 8.90. The summed E-state index contributed by atoms with van der Waals surface area (Å²) in [5, 5.41) is 17.4. The molecule has 0 aliphatic rings. The largest absolute Gasteiger partial charge is 0.379 e. The van der Waals surface area contributed by atoms with Gasteiger partial charge in [-0.3, -0.25) is 4.68 Å². The van der Waals surface area contributed by atoms with Crippen LogP contribution in [-0.4, -0.2) is 9.78 Å². The summed E-state index contributed by atoms with van der Waals surface area (Å²) in [4.78, 5) is 0. The third-order valence-electron chi connectivity index (χ3n) is 3.15. The topological polar surface area (TPSA) is 53.6 Å². The van der Waals surface area contributed by atoms with Gasteiger partial charge in [0.05, 0.1) is 34.6 Å². The van der Waals surface area contributed by atoms with Gasteiger partial charge >= 0.3 is 0 Å². The second-order valence-electron chi connectivity index (χ2n) is 4.42. The van der Waals surface area contributed by atoms with Crippen molar-refractivity contribution < 1.29 is 0 Å². The second-order valence-corrected chi connectivity index (χ2v) is 4.80. The normalized spacial score (nSPS) is 10.3. The van der Waals surface area contributed by atoms with Gasteiger partial charge in [0, 0.05) is 12.2 Å². The van der Waals surface area contributed by atoms with Gasteiger partial charge in [-0.2, -0.15) is 10.4 Å². The van der Waals surface area contributed by atoms with Gasteiger partial charge in [-0.1, -0.05) is 24.6 Å². The van der Waals surface area contributed by atoms with E-state index in [9.17, 15) is 0 Å². The third kappa shape index (κ3) is 2.94. The van der Waals surface area contributed by atoms with Gasteiger partial charge in [-0.05, 0) is 31.5 Å². The molecule has 0 amide bonds. The summed E-state index contributed by atoms with van der Waals surface area (Å²) in [6, 6.07) is 9.52. The predicted molar refractivity (Wildman–Crippen MR) is 80.8 cm³/mol. The molecule has 0 aliphatic carbocycles. The molecule has 0 aliphatic heterocycles. The summed E-state index contributed by atoms with van der Waals surface area (Å²) in [5.41, 5.74) is 3.45. The number of nitrogens with zero attached hydrogens (tertiary/aromatic N) is 3. The zero-order valence-electron chi connectivity index (χ0n) is 11.7. The molecule has 104 valence electrons. The molecule has 1 aromatic heterocycles. The summed E-state index contributed by atoms with van der Waals surface area (Å²) < 4.78 is 1.92. The van der Waals surface area contributed by atoms with Crippen LogP contribution in [0, 0.1) is 11.3 Å². The van der Waals surface area contributed by atoms with Crippen molar-refractivity contribution in [2.75, 3.05) is 5.32 Å². The van der Waals surface area contributed by atoms with E-state index in [0.29, 0.717) is 12.1 Å². The zero-order valence-corrected chi connectivity index (χ0v) is 12.4. The molecule has 5 heteroatoms. The minimum atomic E-state index is 0.592. The molecule has 2 aromatic rings. The first kappa shape index (κ1) is 14.4. The highest BCUT2D eigenvalue weighted by Gasteiger charge is 2.13. The number of halogens is 1. The van der Waals surface area contributed by atoms with E-state index in [1.165, 1.54) is 0 Å². The lowest BCUT2D eigenvalue weighted by atomic mass is 10.2. The van der Waals surface area contributed by atoms with Gasteiger partial charge in [0.25, 0.3) is 0 Å². The van der Waals surface area contributed by atoms with E-state index in [4.69, 9.17) is 16.9 Å². The fourth-order valence-corrected chi connectivity index (χ4v) is 2.41. The Morgan fingerprint density at radius 2 is 2.20 bits per heavy atom. The van der Waals surface area contributed by atoms with Crippen LogP contribution in [0.5, 0.6) is 0 Å². The van der Waals surface area contributed by atoms with Gasteiger partial charge < -0.3 is 5.32 Å². The smallest absolute Gasteiger partial charge is 0.0992 e. The van der Waals surface area contributed by atoms with Crippen molar-refractivity contribution in [3.8, 4) is 6.07 Å². The number of nitrogens with one attached hydrogen (secondary N) is 1. The lowest BCUT2D eigenvalue weighted by Crippen LogP contribution is -2.08. The van der Waals surface area contributed by atoms with Crippen LogP contribution >= 0.6 is 11.6 Å². The zero-order chi connectivity index (χ0) is 14.5. The van der Waals surface area contributed by atoms with E-state index in [1.54, 1.807) is 6.07 Å². The number of hydrogen-bond acceptors (Lipinski definition) is 3. The fraction of sp³-hybridized carbons (Fsp3) is 0.333. The van der Waals surface area contributed by atoms with Crippen molar-refractivity contribution in [2.24, 2.45) is 0 Å². The SMILES string of the molecule is CCc1nn(CC)c(CNc2cccc(C#N)c2)c1Cl. The van der Waals surface area contributed by atoms with Crippen LogP contribution in [0.15, 0.2) is 24.3 Å². The number of aryl methyl sites for hydroxylation is 2. The average Bonchev–Trinajstić information content (AvgIpc) is 2.81. The van der Waals surface area contributed by atoms with Crippen molar-refractivity contribution in [3.63, 3.8) is 0 Å². The Kier molecular flexibility index (Phi) is 4.65. The quantitative estimate of drug-likeness (QED) is 0.914. The molecule has 0 atom stereocenters. The first-order valence-corrected chi connectivity index (χ1v) is 7.05. The minimum absolute atomic E-state index is 0.592. The summed E-state index contributed by atoms with van der Waals surface area (Å²) in [5.74, 6) is 0. The van der Waals surface area contributed by atoms with E-state index in [-0.39, 0.29) is 0 Å². The third-order valence-corrected chi connectivity index (χ3v) is 3.58. The van der Waals surface area contributed by atoms with E-state index in [1.807, 2.05) is 36.7 Å². The molecule has 0 bridgehead atoms. The number of anilines is 1. The van der Waals surface area contributed by atoms with Gasteiger partial charge in [-0.15, -0.1) is 0 Å². The molecule has 4 nitrogen and oxygen atoms in total. The molecule has 1 heterocycles. The summed E-state index contributed by atoms with van der Waals surface area (Å²) in [6.07, 6.45) is 0.822. The molecule has 0 saturated carbocycles.